The highest BCUT2D eigenvalue weighted by Crippen LogP contribution is 2.26. The fraction of sp³-hybridized carbons (Fsp3) is 0.200. The number of hydrogen-bond donors (Lipinski definition) is 1. The van der Waals surface area contributed by atoms with Crippen LogP contribution < -0.4 is 5.32 Å². The molecule has 0 aliphatic rings. The Balaban J connectivity index is 1.53. The monoisotopic (exact) mass is 444 g/mol. The number of anilines is 1. The maximum atomic E-state index is 12.7. The van der Waals surface area contributed by atoms with E-state index in [9.17, 15) is 9.59 Å². The van der Waals surface area contributed by atoms with E-state index in [0.29, 0.717) is 11.3 Å². The van der Waals surface area contributed by atoms with Gasteiger partial charge in [-0.2, -0.15) is 5.10 Å². The van der Waals surface area contributed by atoms with Crippen LogP contribution in [0.25, 0.3) is 16.4 Å². The number of carbonyl (C=O) groups excluding carboxylic acids is 2. The Morgan fingerprint density at radius 3 is 2.53 bits per heavy atom. The highest BCUT2D eigenvalue weighted by Gasteiger charge is 2.18. The lowest BCUT2D eigenvalue weighted by molar-refractivity contribution is -0.115. The Kier molecular flexibility index (Phi) is 6.01. The van der Waals surface area contributed by atoms with Gasteiger partial charge < -0.3 is 5.32 Å². The molecule has 0 radical (unpaired) electrons. The van der Waals surface area contributed by atoms with Gasteiger partial charge in [-0.15, -0.1) is 11.3 Å². The topological polar surface area (TPSA) is 76.9 Å². The van der Waals surface area contributed by atoms with E-state index in [2.05, 4.69) is 41.6 Å². The number of benzene rings is 2. The second-order valence-electron chi connectivity index (χ2n) is 7.80. The van der Waals surface area contributed by atoms with Gasteiger partial charge in [0.2, 0.25) is 11.0 Å². The number of Topliss-reactive ketones (excluding diaryl/α,β-unsaturated/α-hetero) is 1. The number of aromatic nitrogens is 3. The average molecular weight is 445 g/mol. The number of aryl methyl sites for hydroxylation is 2. The van der Waals surface area contributed by atoms with E-state index in [1.807, 2.05) is 19.2 Å². The molecule has 0 bridgehead atoms. The van der Waals surface area contributed by atoms with Crippen molar-refractivity contribution in [2.24, 2.45) is 0 Å². The number of amides is 1. The molecule has 0 spiro atoms. The van der Waals surface area contributed by atoms with Crippen molar-refractivity contribution in [2.45, 2.75) is 34.1 Å². The predicted octanol–water partition coefficient (Wildman–Crippen LogP) is 5.30. The number of ketones is 1. The van der Waals surface area contributed by atoms with Crippen molar-refractivity contribution in [1.29, 1.82) is 0 Å². The highest BCUT2D eigenvalue weighted by molar-refractivity contribution is 7.12. The first kappa shape index (κ1) is 21.6. The molecule has 0 unspecified atom stereocenters. The summed E-state index contributed by atoms with van der Waals surface area (Å²) in [5.41, 5.74) is 6.90. The number of nitrogens with zero attached hydrogens (tertiary/aromatic N) is 3. The second kappa shape index (κ2) is 8.88. The Hall–Kier alpha value is -3.58. The molecule has 0 saturated heterocycles. The summed E-state index contributed by atoms with van der Waals surface area (Å²) >= 11 is 1.52. The SMILES string of the molecule is CC(=O)c1cccc(NC(=O)Cc2c(C)nn(-c3nc(-c4ccc(C)cc4)cs3)c2C)c1. The molecule has 0 fully saturated rings. The van der Waals surface area contributed by atoms with E-state index in [4.69, 9.17) is 4.98 Å². The molecule has 7 heteroatoms. The molecule has 4 aromatic rings. The first-order valence-electron chi connectivity index (χ1n) is 10.3. The van der Waals surface area contributed by atoms with Gasteiger partial charge in [0.25, 0.3) is 0 Å². The van der Waals surface area contributed by atoms with E-state index in [1.54, 1.807) is 28.9 Å². The van der Waals surface area contributed by atoms with Crippen LogP contribution in [0, 0.1) is 20.8 Å². The van der Waals surface area contributed by atoms with Crippen LogP contribution in [0.1, 0.15) is 39.8 Å². The van der Waals surface area contributed by atoms with Crippen LogP contribution in [0.2, 0.25) is 0 Å². The van der Waals surface area contributed by atoms with E-state index in [0.717, 1.165) is 33.3 Å². The normalized spacial score (nSPS) is 10.9. The Bertz CT molecular complexity index is 1300. The minimum absolute atomic E-state index is 0.0393. The molecular formula is C25H24N4O2S. The molecule has 0 aliphatic carbocycles. The maximum Gasteiger partial charge on any atom is 0.228 e. The van der Waals surface area contributed by atoms with Gasteiger partial charge in [-0.25, -0.2) is 9.67 Å². The van der Waals surface area contributed by atoms with Crippen LogP contribution in [-0.4, -0.2) is 26.5 Å². The molecule has 0 saturated carbocycles. The summed E-state index contributed by atoms with van der Waals surface area (Å²) in [5.74, 6) is -0.196. The first-order valence-corrected chi connectivity index (χ1v) is 11.2. The van der Waals surface area contributed by atoms with E-state index >= 15 is 0 Å². The zero-order chi connectivity index (χ0) is 22.8. The molecule has 162 valence electrons. The Morgan fingerprint density at radius 2 is 1.81 bits per heavy atom. The van der Waals surface area contributed by atoms with Crippen molar-refractivity contribution in [3.8, 4) is 16.4 Å². The third kappa shape index (κ3) is 4.53. The minimum Gasteiger partial charge on any atom is -0.326 e. The van der Waals surface area contributed by atoms with Crippen molar-refractivity contribution < 1.29 is 9.59 Å². The quantitative estimate of drug-likeness (QED) is 0.409. The summed E-state index contributed by atoms with van der Waals surface area (Å²) in [6, 6.07) is 15.2. The molecule has 1 N–H and O–H groups in total. The molecule has 32 heavy (non-hydrogen) atoms. The molecule has 0 atom stereocenters. The third-order valence-electron chi connectivity index (χ3n) is 5.35. The van der Waals surface area contributed by atoms with Crippen LogP contribution >= 0.6 is 11.3 Å². The molecule has 2 aromatic carbocycles. The van der Waals surface area contributed by atoms with Gasteiger partial charge in [-0.05, 0) is 39.8 Å². The minimum atomic E-state index is -0.157. The molecule has 1 amide bonds. The van der Waals surface area contributed by atoms with Crippen LogP contribution in [0.4, 0.5) is 5.69 Å². The maximum absolute atomic E-state index is 12.7. The van der Waals surface area contributed by atoms with Crippen molar-refractivity contribution in [3.63, 3.8) is 0 Å². The number of rotatable bonds is 6. The fourth-order valence-corrected chi connectivity index (χ4v) is 4.35. The van der Waals surface area contributed by atoms with Crippen LogP contribution in [0.15, 0.2) is 53.9 Å². The van der Waals surface area contributed by atoms with Gasteiger partial charge in [-0.1, -0.05) is 42.0 Å². The van der Waals surface area contributed by atoms with Crippen molar-refractivity contribution in [2.75, 3.05) is 5.32 Å². The lowest BCUT2D eigenvalue weighted by Gasteiger charge is -2.07. The number of hydrogen-bond acceptors (Lipinski definition) is 5. The molecule has 6 nitrogen and oxygen atoms in total. The van der Waals surface area contributed by atoms with Crippen molar-refractivity contribution in [3.05, 3.63) is 82.0 Å². The summed E-state index contributed by atoms with van der Waals surface area (Å²) in [7, 11) is 0. The highest BCUT2D eigenvalue weighted by atomic mass is 32.1. The van der Waals surface area contributed by atoms with Gasteiger partial charge in [0.15, 0.2) is 5.78 Å². The van der Waals surface area contributed by atoms with Crippen LogP contribution in [0.5, 0.6) is 0 Å². The third-order valence-corrected chi connectivity index (χ3v) is 6.17. The zero-order valence-corrected chi connectivity index (χ0v) is 19.3. The average Bonchev–Trinajstić information content (AvgIpc) is 3.35. The van der Waals surface area contributed by atoms with Crippen molar-refractivity contribution >= 4 is 28.7 Å². The summed E-state index contributed by atoms with van der Waals surface area (Å²) in [4.78, 5) is 29.0. The molecule has 2 aromatic heterocycles. The van der Waals surface area contributed by atoms with Gasteiger partial charge >= 0.3 is 0 Å². The van der Waals surface area contributed by atoms with Crippen LogP contribution in [-0.2, 0) is 11.2 Å². The predicted molar refractivity (Wildman–Crippen MR) is 128 cm³/mol. The molecular weight excluding hydrogens is 420 g/mol. The number of nitrogens with one attached hydrogen (secondary N) is 1. The van der Waals surface area contributed by atoms with Gasteiger partial charge in [0, 0.05) is 33.5 Å². The summed E-state index contributed by atoms with van der Waals surface area (Å²) in [5, 5.41) is 10.3. The Morgan fingerprint density at radius 1 is 1.06 bits per heavy atom. The summed E-state index contributed by atoms with van der Waals surface area (Å²) in [6.45, 7) is 7.41. The van der Waals surface area contributed by atoms with Gasteiger partial charge in [0.1, 0.15) is 0 Å². The molecule has 0 aliphatic heterocycles. The number of thiazole rings is 1. The smallest absolute Gasteiger partial charge is 0.228 e. The standard InChI is InChI=1S/C25H24N4O2S/c1-15-8-10-19(11-9-15)23-14-32-25(27-23)29-17(3)22(16(2)28-29)13-24(31)26-21-7-5-6-20(12-21)18(4)30/h5-12,14H,13H2,1-4H3,(H,26,31). The number of carbonyl (C=O) groups is 2. The molecule has 4 rings (SSSR count). The van der Waals surface area contributed by atoms with Crippen molar-refractivity contribution in [1.82, 2.24) is 14.8 Å². The lowest BCUT2D eigenvalue weighted by atomic mass is 10.1. The van der Waals surface area contributed by atoms with Crippen LogP contribution in [0.3, 0.4) is 0 Å². The lowest BCUT2D eigenvalue weighted by Crippen LogP contribution is -2.15. The largest absolute Gasteiger partial charge is 0.326 e. The Labute approximate surface area is 190 Å². The summed E-state index contributed by atoms with van der Waals surface area (Å²) in [6.07, 6.45) is 0.193. The summed E-state index contributed by atoms with van der Waals surface area (Å²) < 4.78 is 1.80. The molecule has 2 heterocycles. The zero-order valence-electron chi connectivity index (χ0n) is 18.5. The van der Waals surface area contributed by atoms with E-state index in [-0.39, 0.29) is 18.1 Å². The fourth-order valence-electron chi connectivity index (χ4n) is 3.52. The first-order chi connectivity index (χ1) is 15.3. The van der Waals surface area contributed by atoms with Gasteiger partial charge in [0.05, 0.1) is 17.8 Å². The van der Waals surface area contributed by atoms with Gasteiger partial charge in [-0.3, -0.25) is 9.59 Å². The van der Waals surface area contributed by atoms with E-state index < -0.39 is 0 Å². The van der Waals surface area contributed by atoms with E-state index in [1.165, 1.54) is 23.8 Å². The second-order valence-corrected chi connectivity index (χ2v) is 8.64.